The van der Waals surface area contributed by atoms with Gasteiger partial charge in [0.25, 0.3) is 0 Å². The Balaban J connectivity index is 1.59. The molecule has 0 spiro atoms. The van der Waals surface area contributed by atoms with Crippen molar-refractivity contribution >= 4 is 11.6 Å². The monoisotopic (exact) mass is 421 g/mol. The number of hydrogen-bond donors (Lipinski definition) is 0. The number of quaternary nitrogens is 1. The van der Waals surface area contributed by atoms with Crippen LogP contribution in [0.4, 0.5) is 0 Å². The van der Waals surface area contributed by atoms with Crippen LogP contribution in [-0.4, -0.2) is 36.0 Å². The molecule has 2 fully saturated rings. The molecule has 0 amide bonds. The van der Waals surface area contributed by atoms with Gasteiger partial charge in [0.1, 0.15) is 5.41 Å². The number of halogens is 1. The van der Waals surface area contributed by atoms with E-state index in [0.717, 1.165) is 41.9 Å². The van der Waals surface area contributed by atoms with Crippen molar-refractivity contribution in [3.8, 4) is 6.07 Å². The molecule has 2 nitrogen and oxygen atoms in total. The van der Waals surface area contributed by atoms with E-state index in [9.17, 15) is 5.26 Å². The number of rotatable bonds is 8. The van der Waals surface area contributed by atoms with Crippen LogP contribution in [0.3, 0.4) is 0 Å². The number of nitrogens with zero attached hydrogens (tertiary/aromatic N) is 2. The minimum atomic E-state index is -0.564. The Hall–Kier alpha value is -1.82. The Morgan fingerprint density at radius 3 is 1.93 bits per heavy atom. The molecular formula is C27H34ClN2+. The van der Waals surface area contributed by atoms with E-state index in [1.54, 1.807) is 0 Å². The van der Waals surface area contributed by atoms with Crippen molar-refractivity contribution < 1.29 is 4.48 Å². The predicted octanol–water partition coefficient (Wildman–Crippen LogP) is 6.29. The van der Waals surface area contributed by atoms with E-state index in [2.05, 4.69) is 61.6 Å². The van der Waals surface area contributed by atoms with E-state index in [1.165, 1.54) is 43.1 Å². The first kappa shape index (κ1) is 21.4. The molecule has 3 heteroatoms. The van der Waals surface area contributed by atoms with E-state index in [1.807, 2.05) is 12.1 Å². The number of benzene rings is 2. The third kappa shape index (κ3) is 3.91. The van der Waals surface area contributed by atoms with Crippen LogP contribution in [0.25, 0.3) is 0 Å². The number of hydrogen-bond acceptors (Lipinski definition) is 1. The summed E-state index contributed by atoms with van der Waals surface area (Å²) in [6.45, 7) is 1.26. The minimum absolute atomic E-state index is 0.564. The van der Waals surface area contributed by atoms with Gasteiger partial charge in [-0.05, 0) is 36.3 Å². The molecule has 2 atom stereocenters. The van der Waals surface area contributed by atoms with Gasteiger partial charge in [0, 0.05) is 31.6 Å². The van der Waals surface area contributed by atoms with Crippen LogP contribution < -0.4 is 0 Å². The smallest absolute Gasteiger partial charge is 0.107 e. The van der Waals surface area contributed by atoms with Gasteiger partial charge in [-0.1, -0.05) is 60.7 Å². The molecule has 2 heterocycles. The highest BCUT2D eigenvalue weighted by Gasteiger charge is 2.52. The lowest BCUT2D eigenvalue weighted by Crippen LogP contribution is -2.58. The molecule has 158 valence electrons. The Labute approximate surface area is 187 Å². The van der Waals surface area contributed by atoms with Crippen molar-refractivity contribution in [2.24, 2.45) is 5.92 Å². The Bertz CT molecular complexity index is 804. The van der Waals surface area contributed by atoms with Crippen LogP contribution in [0.15, 0.2) is 60.7 Å². The predicted molar refractivity (Wildman–Crippen MR) is 124 cm³/mol. The number of alkyl halides is 1. The van der Waals surface area contributed by atoms with Crippen LogP contribution in [0.5, 0.6) is 0 Å². The highest BCUT2D eigenvalue weighted by molar-refractivity contribution is 6.17. The third-order valence-corrected chi connectivity index (χ3v) is 8.32. The highest BCUT2D eigenvalue weighted by Crippen LogP contribution is 2.48. The first-order valence-electron chi connectivity index (χ1n) is 11.6. The largest absolute Gasteiger partial charge is 0.321 e. The molecule has 0 radical (unpaired) electrons. The molecule has 2 aliphatic heterocycles. The SMILES string of the molecule is C[N+]1(CCCCCl)C2CCC1CC(CC(C#N)(c1ccccc1)c1ccccc1)C2. The van der Waals surface area contributed by atoms with Crippen molar-refractivity contribution in [2.75, 3.05) is 19.5 Å². The first-order valence-corrected chi connectivity index (χ1v) is 12.1. The zero-order chi connectivity index (χ0) is 21.0. The van der Waals surface area contributed by atoms with Crippen LogP contribution in [0.1, 0.15) is 56.1 Å². The molecule has 0 aliphatic carbocycles. The van der Waals surface area contributed by atoms with Gasteiger partial charge in [-0.2, -0.15) is 5.26 Å². The Morgan fingerprint density at radius 2 is 1.47 bits per heavy atom. The van der Waals surface area contributed by atoms with Gasteiger partial charge in [-0.3, -0.25) is 0 Å². The second-order valence-electron chi connectivity index (χ2n) is 9.64. The van der Waals surface area contributed by atoms with E-state index >= 15 is 0 Å². The topological polar surface area (TPSA) is 23.8 Å². The van der Waals surface area contributed by atoms with Crippen LogP contribution in [0, 0.1) is 17.2 Å². The minimum Gasteiger partial charge on any atom is -0.321 e. The number of fused-ring (bicyclic) bond motifs is 2. The summed E-state index contributed by atoms with van der Waals surface area (Å²) in [5, 5.41) is 10.5. The van der Waals surface area contributed by atoms with Gasteiger partial charge in [0.15, 0.2) is 0 Å². The summed E-state index contributed by atoms with van der Waals surface area (Å²) in [5.41, 5.74) is 1.71. The van der Waals surface area contributed by atoms with Crippen molar-refractivity contribution in [1.82, 2.24) is 0 Å². The number of unbranched alkanes of at least 4 members (excludes halogenated alkanes) is 1. The maximum absolute atomic E-state index is 10.5. The van der Waals surface area contributed by atoms with Gasteiger partial charge in [-0.25, -0.2) is 0 Å². The maximum Gasteiger partial charge on any atom is 0.107 e. The summed E-state index contributed by atoms with van der Waals surface area (Å²) in [4.78, 5) is 0. The van der Waals surface area contributed by atoms with Gasteiger partial charge < -0.3 is 4.48 Å². The fourth-order valence-corrected chi connectivity index (χ4v) is 6.58. The van der Waals surface area contributed by atoms with Crippen LogP contribution in [-0.2, 0) is 5.41 Å². The van der Waals surface area contributed by atoms with Crippen molar-refractivity contribution in [2.45, 2.75) is 62.4 Å². The van der Waals surface area contributed by atoms with Crippen molar-refractivity contribution in [3.05, 3.63) is 71.8 Å². The molecule has 2 unspecified atom stereocenters. The fourth-order valence-electron chi connectivity index (χ4n) is 6.39. The van der Waals surface area contributed by atoms with Crippen molar-refractivity contribution in [3.63, 3.8) is 0 Å². The van der Waals surface area contributed by atoms with Gasteiger partial charge in [0.05, 0.1) is 31.7 Å². The van der Waals surface area contributed by atoms with E-state index in [-0.39, 0.29) is 0 Å². The van der Waals surface area contributed by atoms with Gasteiger partial charge in [-0.15, -0.1) is 11.6 Å². The summed E-state index contributed by atoms with van der Waals surface area (Å²) in [6, 6.07) is 25.2. The molecular weight excluding hydrogens is 388 g/mol. The lowest BCUT2D eigenvalue weighted by Gasteiger charge is -2.48. The molecule has 0 aromatic heterocycles. The normalized spacial score (nSPS) is 28.2. The van der Waals surface area contributed by atoms with Crippen molar-refractivity contribution in [1.29, 1.82) is 5.26 Å². The Morgan fingerprint density at radius 1 is 0.933 bits per heavy atom. The maximum atomic E-state index is 10.5. The van der Waals surface area contributed by atoms with Gasteiger partial charge in [0.2, 0.25) is 0 Å². The van der Waals surface area contributed by atoms with Crippen LogP contribution in [0.2, 0.25) is 0 Å². The average Bonchev–Trinajstić information content (AvgIpc) is 2.95. The molecule has 2 aromatic rings. The lowest BCUT2D eigenvalue weighted by molar-refractivity contribution is -0.949. The molecule has 4 rings (SSSR count). The van der Waals surface area contributed by atoms with Gasteiger partial charge >= 0.3 is 0 Å². The molecule has 2 aromatic carbocycles. The Kier molecular flexibility index (Phi) is 6.51. The summed E-state index contributed by atoms with van der Waals surface area (Å²) in [5.74, 6) is 1.37. The summed E-state index contributed by atoms with van der Waals surface area (Å²) in [6.07, 6.45) is 8.45. The number of piperidine rings is 1. The summed E-state index contributed by atoms with van der Waals surface area (Å²) in [7, 11) is 2.48. The summed E-state index contributed by atoms with van der Waals surface area (Å²) >= 11 is 5.94. The standard InChI is InChI=1S/C27H34ClN2/c1-30(17-9-8-16-28)25-14-15-26(30)19-22(18-25)20-27(21-29,23-10-4-2-5-11-23)24-12-6-3-7-13-24/h2-7,10-13,22,25-26H,8-9,14-20H2,1H3/q+1. The zero-order valence-electron chi connectivity index (χ0n) is 18.1. The van der Waals surface area contributed by atoms with Crippen LogP contribution >= 0.6 is 11.6 Å². The number of nitriles is 1. The first-order chi connectivity index (χ1) is 14.6. The molecule has 2 saturated heterocycles. The fraction of sp³-hybridized carbons (Fsp3) is 0.519. The second-order valence-corrected chi connectivity index (χ2v) is 10.0. The molecule has 0 N–H and O–H groups in total. The average molecular weight is 422 g/mol. The highest BCUT2D eigenvalue weighted by atomic mass is 35.5. The summed E-state index contributed by atoms with van der Waals surface area (Å²) < 4.78 is 1.24. The molecule has 2 aliphatic rings. The van der Waals surface area contributed by atoms with E-state index in [4.69, 9.17) is 11.6 Å². The lowest BCUT2D eigenvalue weighted by atomic mass is 9.67. The third-order valence-electron chi connectivity index (χ3n) is 8.05. The molecule has 2 bridgehead atoms. The van der Waals surface area contributed by atoms with E-state index < -0.39 is 5.41 Å². The molecule has 30 heavy (non-hydrogen) atoms. The van der Waals surface area contributed by atoms with E-state index in [0.29, 0.717) is 5.92 Å². The quantitative estimate of drug-likeness (QED) is 0.279. The zero-order valence-corrected chi connectivity index (χ0v) is 18.9. The molecule has 0 saturated carbocycles. The second kappa shape index (κ2) is 9.13.